The van der Waals surface area contributed by atoms with Gasteiger partial charge in [0.15, 0.2) is 0 Å². The van der Waals surface area contributed by atoms with Crippen molar-refractivity contribution >= 4 is 5.91 Å². The number of hydrogen-bond acceptors (Lipinski definition) is 2. The molecule has 0 bridgehead atoms. The normalized spacial score (nSPS) is 13.1. The Kier molecular flexibility index (Phi) is 6.01. The molecule has 1 atom stereocenters. The number of alkyl halides is 3. The zero-order valence-corrected chi connectivity index (χ0v) is 11.3. The van der Waals surface area contributed by atoms with Crippen LogP contribution in [0.4, 0.5) is 13.2 Å². The average molecular weight is 288 g/mol. The van der Waals surface area contributed by atoms with Gasteiger partial charge in [0.05, 0.1) is 11.5 Å². The van der Waals surface area contributed by atoms with E-state index in [1.807, 2.05) is 6.92 Å². The fraction of sp³-hybridized carbons (Fsp3) is 0.500. The van der Waals surface area contributed by atoms with E-state index in [0.29, 0.717) is 12.0 Å². The largest absolute Gasteiger partial charge is 0.416 e. The van der Waals surface area contributed by atoms with Gasteiger partial charge in [-0.1, -0.05) is 25.5 Å². The summed E-state index contributed by atoms with van der Waals surface area (Å²) in [4.78, 5) is 11.8. The van der Waals surface area contributed by atoms with Crippen molar-refractivity contribution in [2.24, 2.45) is 11.7 Å². The smallest absolute Gasteiger partial charge is 0.352 e. The number of nitrogens with one attached hydrogen (secondary N) is 1. The Morgan fingerprint density at radius 3 is 2.65 bits per heavy atom. The summed E-state index contributed by atoms with van der Waals surface area (Å²) in [6.45, 7) is 2.26. The monoisotopic (exact) mass is 288 g/mol. The third-order valence-electron chi connectivity index (χ3n) is 3.01. The van der Waals surface area contributed by atoms with Crippen LogP contribution in [-0.2, 0) is 17.5 Å². The second-order valence-corrected chi connectivity index (χ2v) is 4.64. The number of nitrogens with two attached hydrogens (primary N) is 1. The van der Waals surface area contributed by atoms with E-state index in [4.69, 9.17) is 5.73 Å². The lowest BCUT2D eigenvalue weighted by molar-refractivity contribution is -0.137. The maximum Gasteiger partial charge on any atom is 0.416 e. The van der Waals surface area contributed by atoms with E-state index in [1.54, 1.807) is 6.07 Å². The first-order valence-electron chi connectivity index (χ1n) is 6.52. The second-order valence-electron chi connectivity index (χ2n) is 4.64. The number of carbonyl (C=O) groups is 1. The lowest BCUT2D eigenvalue weighted by atomic mass is 10.0. The van der Waals surface area contributed by atoms with Crippen LogP contribution in [0.3, 0.4) is 0 Å². The summed E-state index contributed by atoms with van der Waals surface area (Å²) in [7, 11) is 0. The first-order valence-corrected chi connectivity index (χ1v) is 6.52. The van der Waals surface area contributed by atoms with Crippen LogP contribution >= 0.6 is 0 Å². The summed E-state index contributed by atoms with van der Waals surface area (Å²) >= 11 is 0. The van der Waals surface area contributed by atoms with Crippen LogP contribution in [0.25, 0.3) is 0 Å². The Balaban J connectivity index is 2.64. The molecule has 6 heteroatoms. The summed E-state index contributed by atoms with van der Waals surface area (Å²) in [5, 5.41) is 2.63. The van der Waals surface area contributed by atoms with Crippen molar-refractivity contribution in [3.8, 4) is 0 Å². The molecule has 0 heterocycles. The molecule has 20 heavy (non-hydrogen) atoms. The summed E-state index contributed by atoms with van der Waals surface area (Å²) in [5.41, 5.74) is 5.20. The molecule has 0 saturated carbocycles. The zero-order chi connectivity index (χ0) is 15.2. The molecule has 1 aromatic rings. The lowest BCUT2D eigenvalue weighted by Crippen LogP contribution is -2.34. The molecule has 1 aromatic carbocycles. The minimum atomic E-state index is -4.37. The molecule has 0 fully saturated rings. The highest BCUT2D eigenvalue weighted by Gasteiger charge is 2.30. The Labute approximate surface area is 116 Å². The molecular weight excluding hydrogens is 269 g/mol. The standard InChI is InChI=1S/C14H19F3N2O/c1-2-4-11(8-18)13(20)19-9-10-5-3-6-12(7-10)14(15,16)17/h3,5-7,11H,2,4,8-9,18H2,1H3,(H,19,20). The van der Waals surface area contributed by atoms with Crippen LogP contribution in [0.2, 0.25) is 0 Å². The zero-order valence-electron chi connectivity index (χ0n) is 11.3. The van der Waals surface area contributed by atoms with Crippen LogP contribution in [0.5, 0.6) is 0 Å². The van der Waals surface area contributed by atoms with E-state index in [1.165, 1.54) is 6.07 Å². The second kappa shape index (κ2) is 7.28. The van der Waals surface area contributed by atoms with E-state index in [2.05, 4.69) is 5.32 Å². The van der Waals surface area contributed by atoms with Crippen LogP contribution in [0.15, 0.2) is 24.3 Å². The first kappa shape index (κ1) is 16.5. The van der Waals surface area contributed by atoms with Crippen LogP contribution in [0, 0.1) is 5.92 Å². The van der Waals surface area contributed by atoms with Crippen LogP contribution in [0.1, 0.15) is 30.9 Å². The maximum atomic E-state index is 12.5. The summed E-state index contributed by atoms with van der Waals surface area (Å²) in [5.74, 6) is -0.502. The van der Waals surface area contributed by atoms with Crippen LogP contribution in [-0.4, -0.2) is 12.5 Å². The highest BCUT2D eigenvalue weighted by molar-refractivity contribution is 5.78. The molecule has 0 aliphatic rings. The Bertz CT molecular complexity index is 446. The van der Waals surface area contributed by atoms with Crippen LogP contribution < -0.4 is 11.1 Å². The van der Waals surface area contributed by atoms with E-state index < -0.39 is 11.7 Å². The van der Waals surface area contributed by atoms with Crippen molar-refractivity contribution in [1.82, 2.24) is 5.32 Å². The minimum absolute atomic E-state index is 0.0724. The Hall–Kier alpha value is -1.56. The predicted octanol–water partition coefficient (Wildman–Crippen LogP) is 2.70. The number of hydrogen-bond donors (Lipinski definition) is 2. The highest BCUT2D eigenvalue weighted by atomic mass is 19.4. The van der Waals surface area contributed by atoms with Gasteiger partial charge in [-0.2, -0.15) is 13.2 Å². The molecule has 3 N–H and O–H groups in total. The number of benzene rings is 1. The summed E-state index contributed by atoms with van der Waals surface area (Å²) in [6.07, 6.45) is -2.87. The van der Waals surface area contributed by atoms with E-state index >= 15 is 0 Å². The van der Waals surface area contributed by atoms with E-state index in [0.717, 1.165) is 18.6 Å². The van der Waals surface area contributed by atoms with Gasteiger partial charge in [0, 0.05) is 13.1 Å². The number of rotatable bonds is 6. The topological polar surface area (TPSA) is 55.1 Å². The predicted molar refractivity (Wildman–Crippen MR) is 70.7 cm³/mol. The third-order valence-corrected chi connectivity index (χ3v) is 3.01. The van der Waals surface area contributed by atoms with Gasteiger partial charge in [0.2, 0.25) is 5.91 Å². The quantitative estimate of drug-likeness (QED) is 0.845. The van der Waals surface area contributed by atoms with Crippen molar-refractivity contribution in [3.05, 3.63) is 35.4 Å². The number of halogens is 3. The maximum absolute atomic E-state index is 12.5. The lowest BCUT2D eigenvalue weighted by Gasteiger charge is -2.14. The van der Waals surface area contributed by atoms with Gasteiger partial charge < -0.3 is 11.1 Å². The highest BCUT2D eigenvalue weighted by Crippen LogP contribution is 2.29. The van der Waals surface area contributed by atoms with E-state index in [9.17, 15) is 18.0 Å². The van der Waals surface area contributed by atoms with Gasteiger partial charge in [-0.25, -0.2) is 0 Å². The average Bonchev–Trinajstić information content (AvgIpc) is 2.41. The SMILES string of the molecule is CCCC(CN)C(=O)NCc1cccc(C(F)(F)F)c1. The van der Waals surface area contributed by atoms with Gasteiger partial charge in [0.1, 0.15) is 0 Å². The molecule has 0 spiro atoms. The molecule has 3 nitrogen and oxygen atoms in total. The molecule has 0 radical (unpaired) electrons. The van der Waals surface area contributed by atoms with Gasteiger partial charge in [0.25, 0.3) is 0 Å². The van der Waals surface area contributed by atoms with Crippen molar-refractivity contribution in [2.75, 3.05) is 6.54 Å². The van der Waals surface area contributed by atoms with E-state index in [-0.39, 0.29) is 24.9 Å². The van der Waals surface area contributed by atoms with Crippen molar-refractivity contribution in [3.63, 3.8) is 0 Å². The number of amides is 1. The molecular formula is C14H19F3N2O. The summed E-state index contributed by atoms with van der Waals surface area (Å²) < 4.78 is 37.6. The van der Waals surface area contributed by atoms with Crippen molar-refractivity contribution in [1.29, 1.82) is 0 Å². The first-order chi connectivity index (χ1) is 9.38. The molecule has 0 aliphatic carbocycles. The fourth-order valence-electron chi connectivity index (χ4n) is 1.90. The van der Waals surface area contributed by atoms with Crippen molar-refractivity contribution < 1.29 is 18.0 Å². The molecule has 1 amide bonds. The molecule has 1 rings (SSSR count). The Morgan fingerprint density at radius 1 is 1.40 bits per heavy atom. The van der Waals surface area contributed by atoms with Gasteiger partial charge in [-0.05, 0) is 24.1 Å². The molecule has 0 saturated heterocycles. The Morgan fingerprint density at radius 2 is 2.10 bits per heavy atom. The number of carbonyl (C=O) groups excluding carboxylic acids is 1. The van der Waals surface area contributed by atoms with Gasteiger partial charge in [-0.15, -0.1) is 0 Å². The fourth-order valence-corrected chi connectivity index (χ4v) is 1.90. The van der Waals surface area contributed by atoms with Gasteiger partial charge in [-0.3, -0.25) is 4.79 Å². The van der Waals surface area contributed by atoms with Gasteiger partial charge >= 0.3 is 6.18 Å². The molecule has 0 aromatic heterocycles. The summed E-state index contributed by atoms with van der Waals surface area (Å²) in [6, 6.07) is 4.92. The molecule has 112 valence electrons. The minimum Gasteiger partial charge on any atom is -0.352 e. The van der Waals surface area contributed by atoms with Crippen molar-refractivity contribution in [2.45, 2.75) is 32.5 Å². The molecule has 0 aliphatic heterocycles. The third kappa shape index (κ3) is 4.85. The molecule has 1 unspecified atom stereocenters.